The Kier molecular flexibility index (Phi) is 4.47. The summed E-state index contributed by atoms with van der Waals surface area (Å²) in [6.07, 6.45) is 1.89. The first-order valence-corrected chi connectivity index (χ1v) is 12.6. The summed E-state index contributed by atoms with van der Waals surface area (Å²) in [6, 6.07) is 37.9. The van der Waals surface area contributed by atoms with Crippen LogP contribution in [0.3, 0.4) is 0 Å². The minimum Gasteiger partial charge on any atom is -0.256 e. The van der Waals surface area contributed by atoms with Gasteiger partial charge >= 0.3 is 0 Å². The largest absolute Gasteiger partial charge is 0.256 e. The van der Waals surface area contributed by atoms with Gasteiger partial charge in [-0.25, -0.2) is 0 Å². The maximum Gasteiger partial charge on any atom is 0.0708 e. The fourth-order valence-electron chi connectivity index (χ4n) is 5.68. The van der Waals surface area contributed by atoms with E-state index in [0.717, 1.165) is 5.69 Å². The Hall–Kier alpha value is -4.23. The average Bonchev–Trinajstić information content (AvgIpc) is 2.91. The molecule has 0 fully saturated rings. The maximum atomic E-state index is 4.76. The molecule has 0 aliphatic rings. The first-order chi connectivity index (χ1) is 17.5. The van der Waals surface area contributed by atoms with Gasteiger partial charge in [-0.15, -0.1) is 0 Å². The fraction of sp³-hybridized carbons (Fsp3) is 0.114. The normalized spacial score (nSPS) is 12.3. The third-order valence-corrected chi connectivity index (χ3v) is 7.58. The number of nitrogens with zero attached hydrogens (tertiary/aromatic N) is 1. The molecule has 0 spiro atoms. The van der Waals surface area contributed by atoms with E-state index < -0.39 is 0 Å². The van der Waals surface area contributed by atoms with Crippen LogP contribution in [0.25, 0.3) is 65.5 Å². The van der Waals surface area contributed by atoms with Crippen LogP contribution in [0, 0.1) is 0 Å². The Morgan fingerprint density at radius 1 is 0.528 bits per heavy atom. The molecule has 0 saturated carbocycles. The van der Waals surface area contributed by atoms with Crippen LogP contribution in [0.1, 0.15) is 26.3 Å². The van der Waals surface area contributed by atoms with Crippen molar-refractivity contribution >= 4 is 43.1 Å². The highest BCUT2D eigenvalue weighted by Gasteiger charge is 2.20. The van der Waals surface area contributed by atoms with Gasteiger partial charge < -0.3 is 0 Å². The molecule has 0 aliphatic carbocycles. The molecular formula is C35H27N. The van der Waals surface area contributed by atoms with E-state index in [-0.39, 0.29) is 5.41 Å². The maximum absolute atomic E-state index is 4.76. The van der Waals surface area contributed by atoms with Crippen molar-refractivity contribution in [3.8, 4) is 22.4 Å². The van der Waals surface area contributed by atoms with Gasteiger partial charge in [0.15, 0.2) is 0 Å². The first-order valence-electron chi connectivity index (χ1n) is 12.6. The zero-order valence-corrected chi connectivity index (χ0v) is 20.8. The van der Waals surface area contributed by atoms with Crippen molar-refractivity contribution in [1.82, 2.24) is 4.98 Å². The van der Waals surface area contributed by atoms with Crippen LogP contribution in [0.2, 0.25) is 0 Å². The van der Waals surface area contributed by atoms with Crippen molar-refractivity contribution in [3.63, 3.8) is 0 Å². The minimum atomic E-state index is 0.0970. The lowest BCUT2D eigenvalue weighted by atomic mass is 9.82. The summed E-state index contributed by atoms with van der Waals surface area (Å²) in [6.45, 7) is 6.87. The predicted molar refractivity (Wildman–Crippen MR) is 155 cm³/mol. The molecule has 0 bridgehead atoms. The SMILES string of the molecule is CC(C)(C)c1cc2ccc3c(-c4ccc5ccccc5c4)cc(-c4ccccn4)c4ccc(c1)c2c34. The van der Waals surface area contributed by atoms with Crippen molar-refractivity contribution < 1.29 is 0 Å². The standard InChI is InChI=1S/C35H27N/c1-35(2,3)27-19-25-13-15-28-30(24-12-11-22-8-4-5-9-23(22)18-24)21-31(32-10-6-7-17-36-32)29-16-14-26(20-27)33(25)34(28)29/h4-21H,1-3H3. The van der Waals surface area contributed by atoms with E-state index in [1.807, 2.05) is 12.3 Å². The lowest BCUT2D eigenvalue weighted by Gasteiger charge is -2.22. The van der Waals surface area contributed by atoms with Gasteiger partial charge in [-0.05, 0) is 89.5 Å². The fourth-order valence-corrected chi connectivity index (χ4v) is 5.68. The molecule has 0 radical (unpaired) electrons. The third kappa shape index (κ3) is 3.20. The second kappa shape index (κ2) is 7.63. The molecule has 0 amide bonds. The second-order valence-corrected chi connectivity index (χ2v) is 10.9. The van der Waals surface area contributed by atoms with Gasteiger partial charge in [0, 0.05) is 11.8 Å². The van der Waals surface area contributed by atoms with Gasteiger partial charge in [-0.1, -0.05) is 99.6 Å². The van der Waals surface area contributed by atoms with E-state index in [2.05, 4.69) is 118 Å². The number of pyridine rings is 1. The van der Waals surface area contributed by atoms with Crippen molar-refractivity contribution in [2.45, 2.75) is 26.2 Å². The average molecular weight is 462 g/mol. The van der Waals surface area contributed by atoms with Crippen LogP contribution in [-0.2, 0) is 5.41 Å². The lowest BCUT2D eigenvalue weighted by Crippen LogP contribution is -2.10. The van der Waals surface area contributed by atoms with Crippen molar-refractivity contribution in [3.05, 3.63) is 115 Å². The van der Waals surface area contributed by atoms with Gasteiger partial charge in [0.25, 0.3) is 0 Å². The molecule has 172 valence electrons. The molecule has 7 rings (SSSR count). The molecule has 0 aliphatic heterocycles. The minimum absolute atomic E-state index is 0.0970. The zero-order chi connectivity index (χ0) is 24.4. The zero-order valence-electron chi connectivity index (χ0n) is 20.8. The third-order valence-electron chi connectivity index (χ3n) is 7.58. The highest BCUT2D eigenvalue weighted by molar-refractivity contribution is 6.28. The predicted octanol–water partition coefficient (Wildman–Crippen LogP) is 9.76. The molecule has 1 nitrogen and oxygen atoms in total. The number of benzene rings is 6. The van der Waals surface area contributed by atoms with Crippen LogP contribution in [0.15, 0.2) is 109 Å². The van der Waals surface area contributed by atoms with Gasteiger partial charge in [-0.3, -0.25) is 4.98 Å². The number of hydrogen-bond acceptors (Lipinski definition) is 1. The summed E-state index contributed by atoms with van der Waals surface area (Å²) in [7, 11) is 0. The first kappa shape index (κ1) is 21.1. The molecule has 0 saturated heterocycles. The molecule has 36 heavy (non-hydrogen) atoms. The summed E-state index contributed by atoms with van der Waals surface area (Å²) in [4.78, 5) is 4.76. The molecule has 1 aromatic heterocycles. The summed E-state index contributed by atoms with van der Waals surface area (Å²) in [5.74, 6) is 0. The second-order valence-electron chi connectivity index (χ2n) is 10.9. The monoisotopic (exact) mass is 461 g/mol. The number of fused-ring (bicyclic) bond motifs is 1. The molecule has 0 atom stereocenters. The van der Waals surface area contributed by atoms with E-state index in [4.69, 9.17) is 4.98 Å². The molecule has 0 unspecified atom stereocenters. The van der Waals surface area contributed by atoms with E-state index in [9.17, 15) is 0 Å². The topological polar surface area (TPSA) is 12.9 Å². The van der Waals surface area contributed by atoms with Crippen LogP contribution < -0.4 is 0 Å². The molecule has 0 N–H and O–H groups in total. The van der Waals surface area contributed by atoms with Gasteiger partial charge in [-0.2, -0.15) is 0 Å². The Morgan fingerprint density at radius 3 is 1.89 bits per heavy atom. The summed E-state index contributed by atoms with van der Waals surface area (Å²) >= 11 is 0. The summed E-state index contributed by atoms with van der Waals surface area (Å²) < 4.78 is 0. The van der Waals surface area contributed by atoms with Crippen LogP contribution in [-0.4, -0.2) is 4.98 Å². The Bertz CT molecular complexity index is 1890. The number of rotatable bonds is 2. The van der Waals surface area contributed by atoms with Crippen LogP contribution in [0.4, 0.5) is 0 Å². The Balaban J connectivity index is 1.63. The Labute approximate surface area is 211 Å². The summed E-state index contributed by atoms with van der Waals surface area (Å²) in [5, 5.41) is 10.4. The van der Waals surface area contributed by atoms with Crippen LogP contribution in [0.5, 0.6) is 0 Å². The molecule has 1 heteroatoms. The van der Waals surface area contributed by atoms with E-state index in [1.54, 1.807) is 0 Å². The van der Waals surface area contributed by atoms with E-state index in [1.165, 1.54) is 65.3 Å². The summed E-state index contributed by atoms with van der Waals surface area (Å²) in [5.41, 5.74) is 6.14. The molecule has 1 heterocycles. The molecule has 7 aromatic rings. The smallest absolute Gasteiger partial charge is 0.0708 e. The molecule has 6 aromatic carbocycles. The number of hydrogen-bond donors (Lipinski definition) is 0. The van der Waals surface area contributed by atoms with E-state index >= 15 is 0 Å². The van der Waals surface area contributed by atoms with Gasteiger partial charge in [0.1, 0.15) is 0 Å². The lowest BCUT2D eigenvalue weighted by molar-refractivity contribution is 0.591. The van der Waals surface area contributed by atoms with Crippen LogP contribution >= 0.6 is 0 Å². The quantitative estimate of drug-likeness (QED) is 0.233. The number of aromatic nitrogens is 1. The van der Waals surface area contributed by atoms with Gasteiger partial charge in [0.2, 0.25) is 0 Å². The molecular weight excluding hydrogens is 434 g/mol. The van der Waals surface area contributed by atoms with Crippen molar-refractivity contribution in [2.75, 3.05) is 0 Å². The van der Waals surface area contributed by atoms with E-state index in [0.29, 0.717) is 0 Å². The van der Waals surface area contributed by atoms with Crippen molar-refractivity contribution in [2.24, 2.45) is 0 Å². The highest BCUT2D eigenvalue weighted by Crippen LogP contribution is 2.45. The van der Waals surface area contributed by atoms with Gasteiger partial charge in [0.05, 0.1) is 5.69 Å². The highest BCUT2D eigenvalue weighted by atomic mass is 14.7. The van der Waals surface area contributed by atoms with Crippen molar-refractivity contribution in [1.29, 1.82) is 0 Å². The Morgan fingerprint density at radius 2 is 1.19 bits per heavy atom.